The fourth-order valence-corrected chi connectivity index (χ4v) is 1.00. The fraction of sp³-hybridized carbons (Fsp3) is 0.250. The molecule has 2 nitrogen and oxygen atoms in total. The summed E-state index contributed by atoms with van der Waals surface area (Å²) in [7, 11) is 0. The number of nitrogens with two attached hydrogens (primary N) is 1. The van der Waals surface area contributed by atoms with Gasteiger partial charge in [-0.05, 0) is 18.6 Å². The Balaban J connectivity index is 3.09. The number of benzene rings is 1. The van der Waals surface area contributed by atoms with Crippen LogP contribution in [-0.2, 0) is 0 Å². The number of ether oxygens (including phenoxy) is 1. The molecule has 0 unspecified atom stereocenters. The van der Waals surface area contributed by atoms with Crippen molar-refractivity contribution >= 4 is 5.69 Å². The Morgan fingerprint density at radius 2 is 1.86 bits per heavy atom. The van der Waals surface area contributed by atoms with Gasteiger partial charge >= 0.3 is 6.36 Å². The molecule has 1 aromatic carbocycles. The Labute approximate surface area is 77.3 Å². The zero-order valence-corrected chi connectivity index (χ0v) is 7.15. The molecule has 0 bridgehead atoms. The molecule has 0 heterocycles. The maximum atomic E-state index is 12.9. The van der Waals surface area contributed by atoms with E-state index >= 15 is 0 Å². The van der Waals surface area contributed by atoms with Crippen LogP contribution in [0.2, 0.25) is 0 Å². The summed E-state index contributed by atoms with van der Waals surface area (Å²) >= 11 is 0. The van der Waals surface area contributed by atoms with E-state index in [1.54, 1.807) is 0 Å². The highest BCUT2D eigenvalue weighted by Gasteiger charge is 2.33. The monoisotopic (exact) mass is 209 g/mol. The first kappa shape index (κ1) is 10.6. The van der Waals surface area contributed by atoms with Crippen molar-refractivity contribution in [1.82, 2.24) is 0 Å². The number of alkyl halides is 3. The summed E-state index contributed by atoms with van der Waals surface area (Å²) < 4.78 is 51.8. The van der Waals surface area contributed by atoms with Crippen LogP contribution in [0.3, 0.4) is 0 Å². The summed E-state index contributed by atoms with van der Waals surface area (Å²) in [5, 5.41) is 0. The van der Waals surface area contributed by atoms with Gasteiger partial charge in [0.1, 0.15) is 0 Å². The molecule has 0 amide bonds. The van der Waals surface area contributed by atoms with E-state index in [0.717, 1.165) is 6.07 Å². The molecule has 78 valence electrons. The molecule has 0 spiro atoms. The minimum Gasteiger partial charge on any atom is -0.402 e. The van der Waals surface area contributed by atoms with Gasteiger partial charge in [0.05, 0.1) is 0 Å². The van der Waals surface area contributed by atoms with Crippen LogP contribution in [-0.4, -0.2) is 6.36 Å². The van der Waals surface area contributed by atoms with E-state index in [2.05, 4.69) is 4.74 Å². The molecule has 0 saturated heterocycles. The first-order valence-corrected chi connectivity index (χ1v) is 3.61. The maximum Gasteiger partial charge on any atom is 0.573 e. The molecule has 1 aromatic rings. The van der Waals surface area contributed by atoms with Crippen LogP contribution in [0.1, 0.15) is 5.56 Å². The SMILES string of the molecule is Cc1cc(N)cc(F)c1OC(F)(F)F. The van der Waals surface area contributed by atoms with Gasteiger partial charge in [-0.3, -0.25) is 0 Å². The van der Waals surface area contributed by atoms with E-state index in [9.17, 15) is 17.6 Å². The Morgan fingerprint density at radius 3 is 2.29 bits per heavy atom. The second kappa shape index (κ2) is 3.36. The first-order valence-electron chi connectivity index (χ1n) is 3.61. The minimum absolute atomic E-state index is 0.000162. The third kappa shape index (κ3) is 2.51. The van der Waals surface area contributed by atoms with Crippen molar-refractivity contribution in [2.45, 2.75) is 13.3 Å². The Kier molecular flexibility index (Phi) is 2.55. The normalized spacial score (nSPS) is 11.5. The number of hydrogen-bond acceptors (Lipinski definition) is 2. The van der Waals surface area contributed by atoms with Gasteiger partial charge in [0.25, 0.3) is 0 Å². The zero-order chi connectivity index (χ0) is 10.9. The predicted octanol–water partition coefficient (Wildman–Crippen LogP) is 2.61. The fourth-order valence-electron chi connectivity index (χ4n) is 1.00. The second-order valence-electron chi connectivity index (χ2n) is 2.70. The molecule has 1 rings (SSSR count). The van der Waals surface area contributed by atoms with Gasteiger partial charge in [-0.15, -0.1) is 13.2 Å². The van der Waals surface area contributed by atoms with Crippen molar-refractivity contribution in [3.8, 4) is 5.75 Å². The van der Waals surface area contributed by atoms with Gasteiger partial charge in [-0.1, -0.05) is 0 Å². The van der Waals surface area contributed by atoms with Crippen molar-refractivity contribution in [3.05, 3.63) is 23.5 Å². The minimum atomic E-state index is -4.90. The second-order valence-corrected chi connectivity index (χ2v) is 2.70. The molecule has 0 aliphatic rings. The summed E-state index contributed by atoms with van der Waals surface area (Å²) in [6.45, 7) is 1.28. The molecular formula is C8H7F4NO. The van der Waals surface area contributed by atoms with Crippen LogP contribution in [0, 0.1) is 12.7 Å². The van der Waals surface area contributed by atoms with Crippen molar-refractivity contribution in [1.29, 1.82) is 0 Å². The van der Waals surface area contributed by atoms with Crippen LogP contribution >= 0.6 is 0 Å². The number of hydrogen-bond donors (Lipinski definition) is 1. The first-order chi connectivity index (χ1) is 6.29. The average Bonchev–Trinajstić information content (AvgIpc) is 1.95. The van der Waals surface area contributed by atoms with E-state index < -0.39 is 17.9 Å². The van der Waals surface area contributed by atoms with Crippen LogP contribution in [0.25, 0.3) is 0 Å². The summed E-state index contributed by atoms with van der Waals surface area (Å²) in [6.07, 6.45) is -4.90. The summed E-state index contributed by atoms with van der Waals surface area (Å²) in [5.74, 6) is -1.97. The molecule has 0 saturated carbocycles. The van der Waals surface area contributed by atoms with Gasteiger partial charge in [0, 0.05) is 11.8 Å². The van der Waals surface area contributed by atoms with Crippen molar-refractivity contribution in [2.75, 3.05) is 5.73 Å². The average molecular weight is 209 g/mol. The van der Waals surface area contributed by atoms with Gasteiger partial charge in [0.15, 0.2) is 11.6 Å². The van der Waals surface area contributed by atoms with Crippen LogP contribution in [0.4, 0.5) is 23.2 Å². The van der Waals surface area contributed by atoms with Crippen LogP contribution in [0.5, 0.6) is 5.75 Å². The lowest BCUT2D eigenvalue weighted by Crippen LogP contribution is -2.18. The van der Waals surface area contributed by atoms with Crippen molar-refractivity contribution < 1.29 is 22.3 Å². The van der Waals surface area contributed by atoms with Gasteiger partial charge in [-0.25, -0.2) is 4.39 Å². The highest BCUT2D eigenvalue weighted by Crippen LogP contribution is 2.30. The van der Waals surface area contributed by atoms with Crippen LogP contribution in [0.15, 0.2) is 12.1 Å². The molecule has 0 radical (unpaired) electrons. The number of aryl methyl sites for hydroxylation is 1. The lowest BCUT2D eigenvalue weighted by Gasteiger charge is -2.12. The molecule has 0 aromatic heterocycles. The van der Waals surface area contributed by atoms with E-state index in [0.29, 0.717) is 0 Å². The lowest BCUT2D eigenvalue weighted by molar-refractivity contribution is -0.275. The van der Waals surface area contributed by atoms with Crippen LogP contribution < -0.4 is 10.5 Å². The third-order valence-corrected chi connectivity index (χ3v) is 1.47. The molecule has 0 atom stereocenters. The predicted molar refractivity (Wildman–Crippen MR) is 42.2 cm³/mol. The number of anilines is 1. The smallest absolute Gasteiger partial charge is 0.402 e. The summed E-state index contributed by atoms with van der Waals surface area (Å²) in [6, 6.07) is 1.97. The van der Waals surface area contributed by atoms with E-state index in [1.807, 2.05) is 0 Å². The van der Waals surface area contributed by atoms with Crippen molar-refractivity contribution in [3.63, 3.8) is 0 Å². The Bertz CT molecular complexity index is 325. The molecule has 14 heavy (non-hydrogen) atoms. The molecule has 0 aliphatic heterocycles. The number of nitrogen functional groups attached to an aromatic ring is 1. The summed E-state index contributed by atoms with van der Waals surface area (Å²) in [4.78, 5) is 0. The molecule has 6 heteroatoms. The number of halogens is 4. The Morgan fingerprint density at radius 1 is 1.29 bits per heavy atom. The molecule has 0 aliphatic carbocycles. The molecular weight excluding hydrogens is 202 g/mol. The largest absolute Gasteiger partial charge is 0.573 e. The maximum absolute atomic E-state index is 12.9. The zero-order valence-electron chi connectivity index (χ0n) is 7.15. The molecule has 0 fully saturated rings. The molecule has 2 N–H and O–H groups in total. The van der Waals surface area contributed by atoms with Gasteiger partial charge in [0.2, 0.25) is 0 Å². The topological polar surface area (TPSA) is 35.2 Å². The summed E-state index contributed by atoms with van der Waals surface area (Å²) in [5.41, 5.74) is 5.27. The highest BCUT2D eigenvalue weighted by atomic mass is 19.4. The van der Waals surface area contributed by atoms with Crippen molar-refractivity contribution in [2.24, 2.45) is 0 Å². The number of rotatable bonds is 1. The van der Waals surface area contributed by atoms with E-state index in [1.165, 1.54) is 13.0 Å². The highest BCUT2D eigenvalue weighted by molar-refractivity contribution is 5.48. The quantitative estimate of drug-likeness (QED) is 0.570. The van der Waals surface area contributed by atoms with E-state index in [-0.39, 0.29) is 11.3 Å². The lowest BCUT2D eigenvalue weighted by atomic mass is 10.2. The third-order valence-electron chi connectivity index (χ3n) is 1.47. The standard InChI is InChI=1S/C8H7F4NO/c1-4-2-5(13)3-6(9)7(4)14-8(10,11)12/h2-3H,13H2,1H3. The Hall–Kier alpha value is -1.46. The van der Waals surface area contributed by atoms with E-state index in [4.69, 9.17) is 5.73 Å². The van der Waals surface area contributed by atoms with Gasteiger partial charge < -0.3 is 10.5 Å². The van der Waals surface area contributed by atoms with Gasteiger partial charge in [-0.2, -0.15) is 0 Å².